The maximum Gasteiger partial charge on any atom is 0.226 e. The first-order valence-electron chi connectivity index (χ1n) is 10.8. The van der Waals surface area contributed by atoms with Gasteiger partial charge in [-0.2, -0.15) is 0 Å². The van der Waals surface area contributed by atoms with Gasteiger partial charge in [0.1, 0.15) is 0 Å². The highest BCUT2D eigenvalue weighted by molar-refractivity contribution is 7.80. The van der Waals surface area contributed by atoms with Crippen LogP contribution in [0.2, 0.25) is 0 Å². The van der Waals surface area contributed by atoms with Crippen molar-refractivity contribution < 1.29 is 4.79 Å². The van der Waals surface area contributed by atoms with Gasteiger partial charge in [-0.05, 0) is 80.5 Å². The predicted molar refractivity (Wildman–Crippen MR) is 133 cm³/mol. The Kier molecular flexibility index (Phi) is 6.02. The van der Waals surface area contributed by atoms with Gasteiger partial charge in [-0.15, -0.1) is 0 Å². The van der Waals surface area contributed by atoms with E-state index in [0.29, 0.717) is 5.11 Å². The van der Waals surface area contributed by atoms with Crippen molar-refractivity contribution in [2.24, 2.45) is 5.92 Å². The number of amides is 1. The normalized spacial score (nSPS) is 18.2. The fraction of sp³-hybridized carbons (Fsp3) is 0.320. The van der Waals surface area contributed by atoms with Crippen LogP contribution in [0.15, 0.2) is 48.7 Å². The van der Waals surface area contributed by atoms with Crippen LogP contribution in [0, 0.1) is 26.7 Å². The molecule has 1 fully saturated rings. The lowest BCUT2D eigenvalue weighted by atomic mass is 9.96. The Bertz CT molecular complexity index is 1150. The summed E-state index contributed by atoms with van der Waals surface area (Å²) in [6.45, 7) is 9.93. The first-order valence-corrected chi connectivity index (χ1v) is 11.3. The molecule has 2 aromatic heterocycles. The van der Waals surface area contributed by atoms with Crippen LogP contribution in [0.1, 0.15) is 54.1 Å². The molecule has 0 bridgehead atoms. The predicted octanol–water partition coefficient (Wildman–Crippen LogP) is 5.11. The smallest absolute Gasteiger partial charge is 0.226 e. The zero-order valence-electron chi connectivity index (χ0n) is 19.1. The van der Waals surface area contributed by atoms with Crippen molar-refractivity contribution in [1.29, 1.82) is 0 Å². The molecule has 32 heavy (non-hydrogen) atoms. The van der Waals surface area contributed by atoms with Crippen LogP contribution in [-0.2, 0) is 4.79 Å². The van der Waals surface area contributed by atoms with Crippen LogP contribution in [0.3, 0.4) is 0 Å². The second kappa shape index (κ2) is 8.74. The summed E-state index contributed by atoms with van der Waals surface area (Å²) in [5.74, 6) is -0.0709. The largest absolute Gasteiger partial charge is 0.362 e. The van der Waals surface area contributed by atoms with E-state index < -0.39 is 0 Å². The summed E-state index contributed by atoms with van der Waals surface area (Å²) in [6.07, 6.45) is 1.81. The molecule has 2 atom stereocenters. The van der Waals surface area contributed by atoms with Gasteiger partial charge in [0, 0.05) is 34.9 Å². The maximum atomic E-state index is 12.2. The van der Waals surface area contributed by atoms with Crippen molar-refractivity contribution in [2.45, 2.75) is 46.7 Å². The van der Waals surface area contributed by atoms with Crippen molar-refractivity contribution in [3.05, 3.63) is 76.9 Å². The van der Waals surface area contributed by atoms with Crippen LogP contribution in [0.5, 0.6) is 0 Å². The van der Waals surface area contributed by atoms with Crippen molar-refractivity contribution in [2.75, 3.05) is 10.2 Å². The molecule has 0 aliphatic carbocycles. The zero-order valence-corrected chi connectivity index (χ0v) is 19.9. The Hall–Kier alpha value is -3.19. The number of nitrogens with zero attached hydrogens (tertiary/aromatic N) is 2. The quantitative estimate of drug-likeness (QED) is 0.474. The average Bonchev–Trinajstić information content (AvgIpc) is 3.27. The summed E-state index contributed by atoms with van der Waals surface area (Å²) < 4.78 is 0. The van der Waals surface area contributed by atoms with Gasteiger partial charge in [0.05, 0.1) is 17.8 Å². The molecule has 2 unspecified atom stereocenters. The highest BCUT2D eigenvalue weighted by Crippen LogP contribution is 2.43. The van der Waals surface area contributed by atoms with E-state index in [0.717, 1.165) is 34.0 Å². The summed E-state index contributed by atoms with van der Waals surface area (Å²) in [6, 6.07) is 14.0. The fourth-order valence-electron chi connectivity index (χ4n) is 4.22. The summed E-state index contributed by atoms with van der Waals surface area (Å²) in [4.78, 5) is 22.4. The number of benzene rings is 1. The number of carbonyl (C=O) groups is 1. The van der Waals surface area contributed by atoms with Crippen molar-refractivity contribution in [3.8, 4) is 0 Å². The van der Waals surface area contributed by atoms with Crippen molar-refractivity contribution in [3.63, 3.8) is 0 Å². The number of H-pyrrole nitrogens is 1. The lowest BCUT2D eigenvalue weighted by Gasteiger charge is -2.28. The van der Waals surface area contributed by atoms with E-state index in [1.54, 1.807) is 0 Å². The number of pyridine rings is 1. The van der Waals surface area contributed by atoms with E-state index in [1.807, 2.05) is 57.3 Å². The minimum Gasteiger partial charge on any atom is -0.362 e. The Balaban J connectivity index is 1.76. The maximum absolute atomic E-state index is 12.2. The van der Waals surface area contributed by atoms with Crippen LogP contribution >= 0.6 is 12.2 Å². The zero-order chi connectivity index (χ0) is 23.0. The Morgan fingerprint density at radius 1 is 1.16 bits per heavy atom. The topological polar surface area (TPSA) is 73.1 Å². The number of nitrogens with one attached hydrogen (secondary N) is 3. The number of carbonyl (C=O) groups excluding carboxylic acids is 1. The van der Waals surface area contributed by atoms with E-state index in [4.69, 9.17) is 12.2 Å². The number of hydrogen-bond acceptors (Lipinski definition) is 3. The number of hydrogen-bond donors (Lipinski definition) is 3. The molecule has 166 valence electrons. The monoisotopic (exact) mass is 447 g/mol. The van der Waals surface area contributed by atoms with Gasteiger partial charge in [0.15, 0.2) is 5.11 Å². The summed E-state index contributed by atoms with van der Waals surface area (Å²) in [7, 11) is 0. The molecular formula is C25H29N5OS. The van der Waals surface area contributed by atoms with Gasteiger partial charge in [0.2, 0.25) is 5.91 Å². The SMILES string of the molecule is Cc1cc(C2C(c3ccccn3)NC(=S)N2c2ccc(NC(=O)C(C)C)c(C)c2)c(C)[nH]1. The third-order valence-corrected chi connectivity index (χ3v) is 6.19. The molecule has 3 N–H and O–H groups in total. The summed E-state index contributed by atoms with van der Waals surface area (Å²) >= 11 is 5.81. The van der Waals surface area contributed by atoms with Gasteiger partial charge >= 0.3 is 0 Å². The molecule has 3 aromatic rings. The first kappa shape index (κ1) is 22.0. The van der Waals surface area contributed by atoms with Gasteiger partial charge < -0.3 is 20.5 Å². The van der Waals surface area contributed by atoms with E-state index in [-0.39, 0.29) is 23.9 Å². The number of aryl methyl sites for hydroxylation is 3. The van der Waals surface area contributed by atoms with Crippen LogP contribution in [0.25, 0.3) is 0 Å². The van der Waals surface area contributed by atoms with Gasteiger partial charge in [-0.1, -0.05) is 19.9 Å². The highest BCUT2D eigenvalue weighted by atomic mass is 32.1. The molecule has 3 heterocycles. The van der Waals surface area contributed by atoms with E-state index in [9.17, 15) is 4.79 Å². The highest BCUT2D eigenvalue weighted by Gasteiger charge is 2.41. The first-order chi connectivity index (χ1) is 15.3. The number of anilines is 2. The van der Waals surface area contributed by atoms with E-state index in [1.165, 1.54) is 5.56 Å². The molecule has 4 rings (SSSR count). The van der Waals surface area contributed by atoms with Crippen LogP contribution < -0.4 is 15.5 Å². The minimum absolute atomic E-state index is 0.00530. The number of rotatable bonds is 5. The Morgan fingerprint density at radius 3 is 2.53 bits per heavy atom. The second-order valence-electron chi connectivity index (χ2n) is 8.67. The van der Waals surface area contributed by atoms with E-state index >= 15 is 0 Å². The van der Waals surface area contributed by atoms with Crippen molar-refractivity contribution >= 4 is 34.6 Å². The molecule has 1 aliphatic heterocycles. The van der Waals surface area contributed by atoms with Gasteiger partial charge in [-0.25, -0.2) is 0 Å². The van der Waals surface area contributed by atoms with Crippen LogP contribution in [-0.4, -0.2) is 21.0 Å². The number of aromatic nitrogens is 2. The lowest BCUT2D eigenvalue weighted by Crippen LogP contribution is -2.29. The molecular weight excluding hydrogens is 418 g/mol. The molecule has 1 amide bonds. The fourth-order valence-corrected chi connectivity index (χ4v) is 4.56. The molecule has 7 heteroatoms. The molecule has 1 aliphatic rings. The molecule has 6 nitrogen and oxygen atoms in total. The lowest BCUT2D eigenvalue weighted by molar-refractivity contribution is -0.118. The molecule has 0 spiro atoms. The summed E-state index contributed by atoms with van der Waals surface area (Å²) in [5, 5.41) is 7.16. The van der Waals surface area contributed by atoms with Gasteiger partial charge in [0.25, 0.3) is 0 Å². The minimum atomic E-state index is -0.0850. The number of aromatic amines is 1. The molecule has 0 radical (unpaired) electrons. The third-order valence-electron chi connectivity index (χ3n) is 5.88. The standard InChI is InChI=1S/C25H29N5OS/c1-14(2)24(31)28-20-10-9-18(12-15(20)3)30-23(19-13-16(4)27-17(19)5)22(29-25(30)32)21-8-6-7-11-26-21/h6-14,22-23,27H,1-5H3,(H,28,31)(H,29,32). The van der Waals surface area contributed by atoms with Crippen LogP contribution in [0.4, 0.5) is 11.4 Å². The number of thiocarbonyl (C=S) groups is 1. The molecule has 1 aromatic carbocycles. The van der Waals surface area contributed by atoms with Crippen molar-refractivity contribution in [1.82, 2.24) is 15.3 Å². The third kappa shape index (κ3) is 4.12. The second-order valence-corrected chi connectivity index (χ2v) is 9.06. The Labute approximate surface area is 194 Å². The molecule has 1 saturated heterocycles. The average molecular weight is 448 g/mol. The summed E-state index contributed by atoms with van der Waals surface area (Å²) in [5.41, 5.74) is 7.13. The molecule has 0 saturated carbocycles. The van der Waals surface area contributed by atoms with Gasteiger partial charge in [-0.3, -0.25) is 9.78 Å². The Morgan fingerprint density at radius 2 is 1.94 bits per heavy atom. The van der Waals surface area contributed by atoms with E-state index in [2.05, 4.69) is 51.5 Å².